The highest BCUT2D eigenvalue weighted by Gasteiger charge is 2.18. The van der Waals surface area contributed by atoms with Gasteiger partial charge in [0.25, 0.3) is 0 Å². The molecule has 4 nitrogen and oxygen atoms in total. The number of piperazine rings is 1. The van der Waals surface area contributed by atoms with Crippen molar-refractivity contribution in [2.24, 2.45) is 0 Å². The van der Waals surface area contributed by atoms with Crippen molar-refractivity contribution in [2.75, 3.05) is 33.2 Å². The summed E-state index contributed by atoms with van der Waals surface area (Å²) in [4.78, 5) is 20.6. The standard InChI is InChI=1S/C12H19N3OS/c1-10-9-17-11(13-10)3-4-12(16)15-7-5-14(2)6-8-15/h9H,3-8H2,1-2H3. The summed E-state index contributed by atoms with van der Waals surface area (Å²) >= 11 is 1.65. The molecule has 0 bridgehead atoms. The Morgan fingerprint density at radius 3 is 2.71 bits per heavy atom. The average molecular weight is 253 g/mol. The van der Waals surface area contributed by atoms with Crippen LogP contribution in [0.4, 0.5) is 0 Å². The van der Waals surface area contributed by atoms with E-state index in [9.17, 15) is 4.79 Å². The predicted octanol–water partition coefficient (Wildman–Crippen LogP) is 1.16. The van der Waals surface area contributed by atoms with Gasteiger partial charge in [0.05, 0.1) is 5.01 Å². The Hall–Kier alpha value is -0.940. The van der Waals surface area contributed by atoms with E-state index in [0.29, 0.717) is 6.42 Å². The van der Waals surface area contributed by atoms with Crippen LogP contribution in [-0.4, -0.2) is 53.9 Å². The van der Waals surface area contributed by atoms with Crippen molar-refractivity contribution in [3.8, 4) is 0 Å². The Kier molecular flexibility index (Phi) is 4.12. The van der Waals surface area contributed by atoms with Crippen LogP contribution in [0.2, 0.25) is 0 Å². The molecule has 17 heavy (non-hydrogen) atoms. The summed E-state index contributed by atoms with van der Waals surface area (Å²) in [6, 6.07) is 0. The van der Waals surface area contributed by atoms with Crippen LogP contribution in [0.5, 0.6) is 0 Å². The first-order valence-electron chi connectivity index (χ1n) is 6.02. The highest BCUT2D eigenvalue weighted by Crippen LogP contribution is 2.12. The second kappa shape index (κ2) is 5.60. The number of rotatable bonds is 3. The smallest absolute Gasteiger partial charge is 0.223 e. The molecule has 1 saturated heterocycles. The first-order chi connectivity index (χ1) is 8.15. The molecule has 0 aliphatic carbocycles. The molecule has 2 heterocycles. The Labute approximate surface area is 106 Å². The van der Waals surface area contributed by atoms with E-state index in [2.05, 4.69) is 16.9 Å². The fraction of sp³-hybridized carbons (Fsp3) is 0.667. The van der Waals surface area contributed by atoms with Crippen LogP contribution in [0, 0.1) is 6.92 Å². The first-order valence-corrected chi connectivity index (χ1v) is 6.90. The molecule has 5 heteroatoms. The van der Waals surface area contributed by atoms with Gasteiger partial charge in [-0.1, -0.05) is 0 Å². The fourth-order valence-corrected chi connectivity index (χ4v) is 2.72. The van der Waals surface area contributed by atoms with Crippen molar-refractivity contribution in [2.45, 2.75) is 19.8 Å². The van der Waals surface area contributed by atoms with Gasteiger partial charge in [-0.15, -0.1) is 11.3 Å². The second-order valence-corrected chi connectivity index (χ2v) is 5.51. The third-order valence-electron chi connectivity index (χ3n) is 3.08. The van der Waals surface area contributed by atoms with Gasteiger partial charge in [-0.05, 0) is 14.0 Å². The highest BCUT2D eigenvalue weighted by atomic mass is 32.1. The zero-order valence-corrected chi connectivity index (χ0v) is 11.3. The molecular formula is C12H19N3OS. The number of nitrogens with zero attached hydrogens (tertiary/aromatic N) is 3. The molecule has 0 radical (unpaired) electrons. The number of aryl methyl sites for hydroxylation is 2. The molecule has 1 aliphatic heterocycles. The molecule has 2 rings (SSSR count). The summed E-state index contributed by atoms with van der Waals surface area (Å²) < 4.78 is 0. The van der Waals surface area contributed by atoms with E-state index in [1.54, 1.807) is 11.3 Å². The van der Waals surface area contributed by atoms with Gasteiger partial charge in [0, 0.05) is 50.1 Å². The van der Waals surface area contributed by atoms with Crippen molar-refractivity contribution in [1.29, 1.82) is 0 Å². The summed E-state index contributed by atoms with van der Waals surface area (Å²) in [5, 5.41) is 3.11. The molecule has 1 aromatic rings. The summed E-state index contributed by atoms with van der Waals surface area (Å²) in [5.74, 6) is 0.269. The molecule has 1 fully saturated rings. The lowest BCUT2D eigenvalue weighted by Gasteiger charge is -2.32. The Bertz CT molecular complexity index is 383. The maximum absolute atomic E-state index is 12.0. The number of hydrogen-bond donors (Lipinski definition) is 0. The molecule has 94 valence electrons. The maximum atomic E-state index is 12.0. The van der Waals surface area contributed by atoms with Gasteiger partial charge in [-0.3, -0.25) is 4.79 Å². The predicted molar refractivity (Wildman–Crippen MR) is 69.2 cm³/mol. The lowest BCUT2D eigenvalue weighted by atomic mass is 10.2. The number of hydrogen-bond acceptors (Lipinski definition) is 4. The molecule has 0 unspecified atom stereocenters. The van der Waals surface area contributed by atoms with Crippen molar-refractivity contribution in [3.05, 3.63) is 16.1 Å². The number of aromatic nitrogens is 1. The van der Waals surface area contributed by atoms with Crippen LogP contribution in [0.3, 0.4) is 0 Å². The van der Waals surface area contributed by atoms with Crippen LogP contribution in [0.15, 0.2) is 5.38 Å². The van der Waals surface area contributed by atoms with Crippen molar-refractivity contribution in [3.63, 3.8) is 0 Å². The van der Waals surface area contributed by atoms with Crippen LogP contribution in [0.25, 0.3) is 0 Å². The quantitative estimate of drug-likeness (QED) is 0.811. The monoisotopic (exact) mass is 253 g/mol. The summed E-state index contributed by atoms with van der Waals surface area (Å²) in [7, 11) is 2.10. The van der Waals surface area contributed by atoms with E-state index in [1.165, 1.54) is 0 Å². The third kappa shape index (κ3) is 3.51. The normalized spacial score (nSPS) is 17.4. The molecule has 0 aromatic carbocycles. The van der Waals surface area contributed by atoms with E-state index >= 15 is 0 Å². The van der Waals surface area contributed by atoms with Gasteiger partial charge in [-0.25, -0.2) is 4.98 Å². The summed E-state index contributed by atoms with van der Waals surface area (Å²) in [5.41, 5.74) is 1.05. The summed E-state index contributed by atoms with van der Waals surface area (Å²) in [6.07, 6.45) is 1.38. The number of carbonyl (C=O) groups is 1. The molecule has 0 N–H and O–H groups in total. The Morgan fingerprint density at radius 2 is 2.12 bits per heavy atom. The Morgan fingerprint density at radius 1 is 1.41 bits per heavy atom. The second-order valence-electron chi connectivity index (χ2n) is 4.57. The van der Waals surface area contributed by atoms with Gasteiger partial charge < -0.3 is 9.80 Å². The van der Waals surface area contributed by atoms with Gasteiger partial charge >= 0.3 is 0 Å². The minimum atomic E-state index is 0.269. The van der Waals surface area contributed by atoms with Gasteiger partial charge in [-0.2, -0.15) is 0 Å². The third-order valence-corrected chi connectivity index (χ3v) is 4.10. The minimum Gasteiger partial charge on any atom is -0.340 e. The van der Waals surface area contributed by atoms with Crippen molar-refractivity contribution < 1.29 is 4.79 Å². The molecule has 1 aliphatic rings. The zero-order chi connectivity index (χ0) is 12.3. The molecule has 1 amide bonds. The SMILES string of the molecule is Cc1csc(CCC(=O)N2CCN(C)CC2)n1. The highest BCUT2D eigenvalue weighted by molar-refractivity contribution is 7.09. The topological polar surface area (TPSA) is 36.4 Å². The van der Waals surface area contributed by atoms with Gasteiger partial charge in [0.2, 0.25) is 5.91 Å². The molecule has 0 atom stereocenters. The minimum absolute atomic E-state index is 0.269. The average Bonchev–Trinajstić information content (AvgIpc) is 2.73. The molecule has 0 spiro atoms. The van der Waals surface area contributed by atoms with Gasteiger partial charge in [0.1, 0.15) is 0 Å². The molecule has 1 aromatic heterocycles. The van der Waals surface area contributed by atoms with Crippen LogP contribution in [0.1, 0.15) is 17.1 Å². The number of amides is 1. The molecular weight excluding hydrogens is 234 g/mol. The van der Waals surface area contributed by atoms with E-state index in [1.807, 2.05) is 17.2 Å². The first kappa shape index (κ1) is 12.5. The van der Waals surface area contributed by atoms with E-state index < -0.39 is 0 Å². The largest absolute Gasteiger partial charge is 0.340 e. The van der Waals surface area contributed by atoms with E-state index in [0.717, 1.165) is 43.3 Å². The van der Waals surface area contributed by atoms with Crippen LogP contribution in [-0.2, 0) is 11.2 Å². The summed E-state index contributed by atoms with van der Waals surface area (Å²) in [6.45, 7) is 5.70. The van der Waals surface area contributed by atoms with E-state index in [-0.39, 0.29) is 5.91 Å². The fourth-order valence-electron chi connectivity index (χ4n) is 1.95. The van der Waals surface area contributed by atoms with Crippen LogP contribution >= 0.6 is 11.3 Å². The van der Waals surface area contributed by atoms with Crippen molar-refractivity contribution in [1.82, 2.24) is 14.8 Å². The lowest BCUT2D eigenvalue weighted by Crippen LogP contribution is -2.47. The number of carbonyl (C=O) groups excluding carboxylic acids is 1. The molecule has 0 saturated carbocycles. The van der Waals surface area contributed by atoms with Gasteiger partial charge in [0.15, 0.2) is 0 Å². The lowest BCUT2D eigenvalue weighted by molar-refractivity contribution is -0.132. The Balaban J connectivity index is 1.77. The number of likely N-dealkylation sites (N-methyl/N-ethyl adjacent to an activating group) is 1. The van der Waals surface area contributed by atoms with E-state index in [4.69, 9.17) is 0 Å². The zero-order valence-electron chi connectivity index (χ0n) is 10.5. The number of thiazole rings is 1. The maximum Gasteiger partial charge on any atom is 0.223 e. The van der Waals surface area contributed by atoms with Crippen molar-refractivity contribution >= 4 is 17.2 Å². The van der Waals surface area contributed by atoms with Crippen LogP contribution < -0.4 is 0 Å².